The number of benzene rings is 2. The standard InChI is InChI=1S/C20H23NO/c1-20(2,3)17-10-7-15(8-11-17)19(22)21-18-12-9-14-5-4-6-16(14)13-18/h7-13H,4-6H2,1-3H3,(H,21,22). The van der Waals surface area contributed by atoms with Crippen molar-refractivity contribution in [1.29, 1.82) is 0 Å². The van der Waals surface area contributed by atoms with Crippen molar-refractivity contribution < 1.29 is 4.79 Å². The Hall–Kier alpha value is -2.09. The smallest absolute Gasteiger partial charge is 0.255 e. The lowest BCUT2D eigenvalue weighted by atomic mass is 9.87. The average molecular weight is 293 g/mol. The number of hydrogen-bond acceptors (Lipinski definition) is 1. The van der Waals surface area contributed by atoms with Crippen LogP contribution in [0.3, 0.4) is 0 Å². The summed E-state index contributed by atoms with van der Waals surface area (Å²) in [6, 6.07) is 14.2. The van der Waals surface area contributed by atoms with Crippen LogP contribution in [0, 0.1) is 0 Å². The molecule has 2 aromatic carbocycles. The van der Waals surface area contributed by atoms with Crippen LogP contribution < -0.4 is 5.32 Å². The predicted molar refractivity (Wildman–Crippen MR) is 91.6 cm³/mol. The fraction of sp³-hybridized carbons (Fsp3) is 0.350. The maximum Gasteiger partial charge on any atom is 0.255 e. The molecule has 0 saturated carbocycles. The highest BCUT2D eigenvalue weighted by molar-refractivity contribution is 6.04. The van der Waals surface area contributed by atoms with Gasteiger partial charge in [-0.15, -0.1) is 0 Å². The van der Waals surface area contributed by atoms with Crippen molar-refractivity contribution in [2.45, 2.75) is 45.4 Å². The molecule has 2 nitrogen and oxygen atoms in total. The largest absolute Gasteiger partial charge is 0.322 e. The number of fused-ring (bicyclic) bond motifs is 1. The van der Waals surface area contributed by atoms with E-state index in [0.29, 0.717) is 5.56 Å². The van der Waals surface area contributed by atoms with Crippen LogP contribution in [0.1, 0.15) is 54.2 Å². The summed E-state index contributed by atoms with van der Waals surface area (Å²) in [7, 11) is 0. The Morgan fingerprint density at radius 2 is 1.64 bits per heavy atom. The lowest BCUT2D eigenvalue weighted by Gasteiger charge is -2.19. The highest BCUT2D eigenvalue weighted by Gasteiger charge is 2.15. The molecule has 1 N–H and O–H groups in total. The number of nitrogens with one attached hydrogen (secondary N) is 1. The van der Waals surface area contributed by atoms with Crippen LogP contribution in [0.15, 0.2) is 42.5 Å². The second kappa shape index (κ2) is 5.60. The minimum atomic E-state index is -0.0431. The van der Waals surface area contributed by atoms with Crippen molar-refractivity contribution in [3.8, 4) is 0 Å². The van der Waals surface area contributed by atoms with E-state index < -0.39 is 0 Å². The first-order chi connectivity index (χ1) is 10.4. The van der Waals surface area contributed by atoms with E-state index in [9.17, 15) is 4.79 Å². The Balaban J connectivity index is 1.74. The zero-order valence-electron chi connectivity index (χ0n) is 13.6. The molecule has 114 valence electrons. The van der Waals surface area contributed by atoms with Crippen molar-refractivity contribution in [3.05, 3.63) is 64.7 Å². The minimum absolute atomic E-state index is 0.0431. The van der Waals surface area contributed by atoms with Crippen molar-refractivity contribution in [2.75, 3.05) is 5.32 Å². The van der Waals surface area contributed by atoms with Gasteiger partial charge in [0, 0.05) is 11.3 Å². The summed E-state index contributed by atoms with van der Waals surface area (Å²) in [5, 5.41) is 3.01. The van der Waals surface area contributed by atoms with E-state index in [4.69, 9.17) is 0 Å². The summed E-state index contributed by atoms with van der Waals surface area (Å²) in [5.74, 6) is -0.0431. The topological polar surface area (TPSA) is 29.1 Å². The zero-order chi connectivity index (χ0) is 15.7. The fourth-order valence-electron chi connectivity index (χ4n) is 2.97. The molecular weight excluding hydrogens is 270 g/mol. The first-order valence-corrected chi connectivity index (χ1v) is 7.97. The quantitative estimate of drug-likeness (QED) is 0.852. The van der Waals surface area contributed by atoms with Crippen LogP contribution in [0.2, 0.25) is 0 Å². The first kappa shape index (κ1) is 14.8. The Kier molecular flexibility index (Phi) is 3.78. The third-order valence-corrected chi connectivity index (χ3v) is 4.37. The predicted octanol–water partition coefficient (Wildman–Crippen LogP) is 4.73. The van der Waals surface area contributed by atoms with Crippen LogP contribution in [-0.4, -0.2) is 5.91 Å². The molecular formula is C20H23NO. The highest BCUT2D eigenvalue weighted by atomic mass is 16.1. The van der Waals surface area contributed by atoms with E-state index >= 15 is 0 Å². The van der Waals surface area contributed by atoms with Crippen LogP contribution in [0.4, 0.5) is 5.69 Å². The summed E-state index contributed by atoms with van der Waals surface area (Å²) in [6.07, 6.45) is 3.51. The molecule has 1 aliphatic rings. The van der Waals surface area contributed by atoms with E-state index in [1.54, 1.807) is 0 Å². The van der Waals surface area contributed by atoms with Crippen molar-refractivity contribution >= 4 is 11.6 Å². The van der Waals surface area contributed by atoms with Crippen LogP contribution >= 0.6 is 0 Å². The normalized spacial score (nSPS) is 13.8. The van der Waals surface area contributed by atoms with Gasteiger partial charge in [-0.2, -0.15) is 0 Å². The molecule has 22 heavy (non-hydrogen) atoms. The fourth-order valence-corrected chi connectivity index (χ4v) is 2.97. The molecule has 0 saturated heterocycles. The van der Waals surface area contributed by atoms with Gasteiger partial charge in [0.25, 0.3) is 5.91 Å². The summed E-state index contributed by atoms with van der Waals surface area (Å²) in [6.45, 7) is 6.52. The molecule has 0 aliphatic heterocycles. The van der Waals surface area contributed by atoms with Gasteiger partial charge >= 0.3 is 0 Å². The summed E-state index contributed by atoms with van der Waals surface area (Å²) < 4.78 is 0. The molecule has 0 radical (unpaired) electrons. The van der Waals surface area contributed by atoms with Gasteiger partial charge in [0.15, 0.2) is 0 Å². The number of amides is 1. The van der Waals surface area contributed by atoms with Crippen molar-refractivity contribution in [3.63, 3.8) is 0 Å². The van der Waals surface area contributed by atoms with Crippen molar-refractivity contribution in [1.82, 2.24) is 0 Å². The van der Waals surface area contributed by atoms with Crippen LogP contribution in [-0.2, 0) is 18.3 Å². The van der Waals surface area contributed by atoms with Gasteiger partial charge in [-0.25, -0.2) is 0 Å². The summed E-state index contributed by atoms with van der Waals surface area (Å²) in [4.78, 5) is 12.4. The van der Waals surface area contributed by atoms with Gasteiger partial charge in [-0.05, 0) is 65.6 Å². The third-order valence-electron chi connectivity index (χ3n) is 4.37. The second-order valence-corrected chi connectivity index (χ2v) is 7.12. The third kappa shape index (κ3) is 3.06. The molecule has 0 bridgehead atoms. The number of hydrogen-bond donors (Lipinski definition) is 1. The summed E-state index contributed by atoms with van der Waals surface area (Å²) in [5.41, 5.74) is 5.74. The van der Waals surface area contributed by atoms with Gasteiger partial charge in [0.2, 0.25) is 0 Å². The number of anilines is 1. The highest BCUT2D eigenvalue weighted by Crippen LogP contribution is 2.26. The molecule has 0 aromatic heterocycles. The maximum absolute atomic E-state index is 12.4. The maximum atomic E-state index is 12.4. The first-order valence-electron chi connectivity index (χ1n) is 7.97. The molecule has 0 spiro atoms. The Morgan fingerprint density at radius 1 is 0.955 bits per heavy atom. The molecule has 0 atom stereocenters. The molecule has 0 fully saturated rings. The summed E-state index contributed by atoms with van der Waals surface area (Å²) >= 11 is 0. The number of carbonyl (C=O) groups is 1. The van der Waals surface area contributed by atoms with E-state index in [0.717, 1.165) is 18.5 Å². The molecule has 2 heteroatoms. The molecule has 3 rings (SSSR count). The number of carbonyl (C=O) groups excluding carboxylic acids is 1. The van der Waals surface area contributed by atoms with Crippen LogP contribution in [0.25, 0.3) is 0 Å². The Labute approximate surface area is 132 Å². The monoisotopic (exact) mass is 293 g/mol. The average Bonchev–Trinajstić information content (AvgIpc) is 2.94. The SMILES string of the molecule is CC(C)(C)c1ccc(C(=O)Nc2ccc3c(c2)CCC3)cc1. The minimum Gasteiger partial charge on any atom is -0.322 e. The van der Waals surface area contributed by atoms with Gasteiger partial charge in [0.1, 0.15) is 0 Å². The lowest BCUT2D eigenvalue weighted by molar-refractivity contribution is 0.102. The lowest BCUT2D eigenvalue weighted by Crippen LogP contribution is -2.14. The second-order valence-electron chi connectivity index (χ2n) is 7.12. The Bertz CT molecular complexity index is 693. The Morgan fingerprint density at radius 3 is 2.32 bits per heavy atom. The molecule has 1 aliphatic carbocycles. The molecule has 0 heterocycles. The van der Waals surface area contributed by atoms with E-state index in [1.807, 2.05) is 30.3 Å². The van der Waals surface area contributed by atoms with E-state index in [-0.39, 0.29) is 11.3 Å². The van der Waals surface area contributed by atoms with E-state index in [1.165, 1.54) is 23.1 Å². The molecule has 0 unspecified atom stereocenters. The van der Waals surface area contributed by atoms with Crippen LogP contribution in [0.5, 0.6) is 0 Å². The number of rotatable bonds is 2. The van der Waals surface area contributed by atoms with Gasteiger partial charge in [0.05, 0.1) is 0 Å². The number of aryl methyl sites for hydroxylation is 2. The van der Waals surface area contributed by atoms with Gasteiger partial charge < -0.3 is 5.32 Å². The van der Waals surface area contributed by atoms with E-state index in [2.05, 4.69) is 38.2 Å². The van der Waals surface area contributed by atoms with Gasteiger partial charge in [-0.3, -0.25) is 4.79 Å². The molecule has 1 amide bonds. The van der Waals surface area contributed by atoms with Gasteiger partial charge in [-0.1, -0.05) is 39.0 Å². The van der Waals surface area contributed by atoms with Crippen molar-refractivity contribution in [2.24, 2.45) is 0 Å². The zero-order valence-corrected chi connectivity index (χ0v) is 13.6. The molecule has 2 aromatic rings.